The lowest BCUT2D eigenvalue weighted by Gasteiger charge is -2.22. The Morgan fingerprint density at radius 3 is 2.52 bits per heavy atom. The normalized spacial score (nSPS) is 13.3. The van der Waals surface area contributed by atoms with Crippen molar-refractivity contribution in [2.24, 2.45) is 7.05 Å². The summed E-state index contributed by atoms with van der Waals surface area (Å²) in [5, 5.41) is 36.7. The number of hydrogen-bond donors (Lipinski definition) is 3. The molecule has 0 fully saturated rings. The first kappa shape index (κ1) is 16.6. The number of rotatable bonds is 6. The van der Waals surface area contributed by atoms with Crippen LogP contribution in [0, 0.1) is 10.1 Å². The lowest BCUT2D eigenvalue weighted by Crippen LogP contribution is -2.42. The Morgan fingerprint density at radius 2 is 2.04 bits per heavy atom. The molecule has 0 saturated carbocycles. The van der Waals surface area contributed by atoms with Crippen LogP contribution in [0.5, 0.6) is 0 Å². The predicted octanol–water partition coefficient (Wildman–Crippen LogP) is 0.153. The molecule has 0 saturated heterocycles. The standard InChI is InChI=1S/C14H16N4O5/c1-17-12(6-7-15-17)14(21)16-11(8-19)13(20)9-2-4-10(5-3-9)18(22)23/h2-7,11,13,19-20H,8H2,1H3,(H,16,21). The molecule has 9 heteroatoms. The van der Waals surface area contributed by atoms with Crippen LogP contribution in [0.2, 0.25) is 0 Å². The third kappa shape index (κ3) is 3.71. The first-order valence-electron chi connectivity index (χ1n) is 6.76. The van der Waals surface area contributed by atoms with Crippen LogP contribution in [0.3, 0.4) is 0 Å². The molecule has 122 valence electrons. The Hall–Kier alpha value is -2.78. The number of hydrogen-bond acceptors (Lipinski definition) is 6. The van der Waals surface area contributed by atoms with Crippen molar-refractivity contribution in [3.8, 4) is 0 Å². The highest BCUT2D eigenvalue weighted by atomic mass is 16.6. The fourth-order valence-electron chi connectivity index (χ4n) is 2.09. The van der Waals surface area contributed by atoms with Gasteiger partial charge in [0.15, 0.2) is 0 Å². The number of nitrogens with one attached hydrogen (secondary N) is 1. The van der Waals surface area contributed by atoms with E-state index in [1.54, 1.807) is 7.05 Å². The summed E-state index contributed by atoms with van der Waals surface area (Å²) >= 11 is 0. The van der Waals surface area contributed by atoms with Gasteiger partial charge in [-0.15, -0.1) is 0 Å². The lowest BCUT2D eigenvalue weighted by molar-refractivity contribution is -0.384. The summed E-state index contributed by atoms with van der Waals surface area (Å²) in [6.07, 6.45) is 0.244. The van der Waals surface area contributed by atoms with Crippen LogP contribution in [0.1, 0.15) is 22.2 Å². The average Bonchev–Trinajstić information content (AvgIpc) is 2.98. The van der Waals surface area contributed by atoms with Gasteiger partial charge < -0.3 is 15.5 Å². The molecular formula is C14H16N4O5. The van der Waals surface area contributed by atoms with Gasteiger partial charge in [0.05, 0.1) is 17.6 Å². The van der Waals surface area contributed by atoms with E-state index in [-0.39, 0.29) is 11.4 Å². The Morgan fingerprint density at radius 1 is 1.39 bits per heavy atom. The van der Waals surface area contributed by atoms with Crippen molar-refractivity contribution in [3.63, 3.8) is 0 Å². The van der Waals surface area contributed by atoms with Gasteiger partial charge in [-0.3, -0.25) is 19.6 Å². The number of carbonyl (C=O) groups excluding carboxylic acids is 1. The molecule has 0 aliphatic rings. The first-order valence-corrected chi connectivity index (χ1v) is 6.76. The van der Waals surface area contributed by atoms with Crippen LogP contribution in [-0.2, 0) is 7.05 Å². The van der Waals surface area contributed by atoms with Crippen molar-refractivity contribution in [2.75, 3.05) is 6.61 Å². The maximum atomic E-state index is 12.1. The number of aromatic nitrogens is 2. The van der Waals surface area contributed by atoms with Gasteiger partial charge in [0.2, 0.25) is 0 Å². The van der Waals surface area contributed by atoms with E-state index in [1.165, 1.54) is 41.2 Å². The molecule has 23 heavy (non-hydrogen) atoms. The van der Waals surface area contributed by atoms with Crippen molar-refractivity contribution < 1.29 is 19.9 Å². The molecule has 0 aliphatic heterocycles. The van der Waals surface area contributed by atoms with Gasteiger partial charge in [0, 0.05) is 25.4 Å². The van der Waals surface area contributed by atoms with E-state index >= 15 is 0 Å². The Labute approximate surface area is 131 Å². The van der Waals surface area contributed by atoms with E-state index in [0.29, 0.717) is 5.56 Å². The topological polar surface area (TPSA) is 131 Å². The molecule has 1 aromatic heterocycles. The van der Waals surface area contributed by atoms with Crippen LogP contribution in [0.25, 0.3) is 0 Å². The molecule has 0 radical (unpaired) electrons. The quantitative estimate of drug-likeness (QED) is 0.513. The number of aliphatic hydroxyl groups excluding tert-OH is 2. The SMILES string of the molecule is Cn1nccc1C(=O)NC(CO)C(O)c1ccc([N+](=O)[O-])cc1. The van der Waals surface area contributed by atoms with Crippen molar-refractivity contribution in [3.05, 3.63) is 57.9 Å². The second-order valence-corrected chi connectivity index (χ2v) is 4.90. The fraction of sp³-hybridized carbons (Fsp3) is 0.286. The maximum absolute atomic E-state index is 12.1. The van der Waals surface area contributed by atoms with Gasteiger partial charge in [-0.05, 0) is 23.8 Å². The third-order valence-electron chi connectivity index (χ3n) is 3.39. The second-order valence-electron chi connectivity index (χ2n) is 4.90. The average molecular weight is 320 g/mol. The molecule has 1 heterocycles. The number of nitrogens with zero attached hydrogens (tertiary/aromatic N) is 3. The summed E-state index contributed by atoms with van der Waals surface area (Å²) in [5.41, 5.74) is 0.514. The van der Waals surface area contributed by atoms with Crippen molar-refractivity contribution in [1.82, 2.24) is 15.1 Å². The van der Waals surface area contributed by atoms with E-state index in [2.05, 4.69) is 10.4 Å². The molecule has 1 amide bonds. The molecule has 9 nitrogen and oxygen atoms in total. The third-order valence-corrected chi connectivity index (χ3v) is 3.39. The Balaban J connectivity index is 2.12. The summed E-state index contributed by atoms with van der Waals surface area (Å²) in [7, 11) is 1.59. The number of aliphatic hydroxyl groups is 2. The van der Waals surface area contributed by atoms with Crippen LogP contribution in [0.4, 0.5) is 5.69 Å². The molecule has 2 atom stereocenters. The number of non-ortho nitro benzene ring substituents is 1. The smallest absolute Gasteiger partial charge is 0.269 e. The largest absolute Gasteiger partial charge is 0.394 e. The van der Waals surface area contributed by atoms with Gasteiger partial charge in [0.1, 0.15) is 11.8 Å². The van der Waals surface area contributed by atoms with Crippen molar-refractivity contribution >= 4 is 11.6 Å². The van der Waals surface area contributed by atoms with Crippen molar-refractivity contribution in [1.29, 1.82) is 0 Å². The van der Waals surface area contributed by atoms with Gasteiger partial charge in [-0.2, -0.15) is 5.10 Å². The summed E-state index contributed by atoms with van der Waals surface area (Å²) in [5.74, 6) is -0.495. The van der Waals surface area contributed by atoms with E-state index in [0.717, 1.165) is 0 Å². The molecular weight excluding hydrogens is 304 g/mol. The van der Waals surface area contributed by atoms with Crippen LogP contribution >= 0.6 is 0 Å². The Kier molecular flexibility index (Phi) is 5.04. The fourth-order valence-corrected chi connectivity index (χ4v) is 2.09. The zero-order valence-electron chi connectivity index (χ0n) is 12.3. The highest BCUT2D eigenvalue weighted by molar-refractivity contribution is 5.92. The monoisotopic (exact) mass is 320 g/mol. The van der Waals surface area contributed by atoms with E-state index in [1.807, 2.05) is 0 Å². The number of carbonyl (C=O) groups is 1. The number of nitro groups is 1. The maximum Gasteiger partial charge on any atom is 0.269 e. The summed E-state index contributed by atoms with van der Waals surface area (Å²) in [6, 6.07) is 5.79. The minimum atomic E-state index is -1.21. The highest BCUT2D eigenvalue weighted by Crippen LogP contribution is 2.20. The summed E-state index contributed by atoms with van der Waals surface area (Å²) < 4.78 is 1.36. The zero-order chi connectivity index (χ0) is 17.0. The highest BCUT2D eigenvalue weighted by Gasteiger charge is 2.24. The van der Waals surface area contributed by atoms with E-state index in [9.17, 15) is 25.1 Å². The number of nitro benzene ring substituents is 1. The molecule has 1 aromatic carbocycles. The van der Waals surface area contributed by atoms with E-state index in [4.69, 9.17) is 0 Å². The molecule has 0 aliphatic carbocycles. The summed E-state index contributed by atoms with van der Waals surface area (Å²) in [4.78, 5) is 22.2. The molecule has 2 unspecified atom stereocenters. The molecule has 2 aromatic rings. The molecule has 0 spiro atoms. The van der Waals surface area contributed by atoms with Crippen molar-refractivity contribution in [2.45, 2.75) is 12.1 Å². The van der Waals surface area contributed by atoms with Gasteiger partial charge in [-0.1, -0.05) is 0 Å². The van der Waals surface area contributed by atoms with Crippen LogP contribution in [-0.4, -0.2) is 43.5 Å². The minimum Gasteiger partial charge on any atom is -0.394 e. The number of amides is 1. The minimum absolute atomic E-state index is 0.111. The number of benzene rings is 1. The lowest BCUT2D eigenvalue weighted by atomic mass is 10.0. The first-order chi connectivity index (χ1) is 10.9. The predicted molar refractivity (Wildman–Crippen MR) is 79.6 cm³/mol. The summed E-state index contributed by atoms with van der Waals surface area (Å²) in [6.45, 7) is -0.498. The zero-order valence-corrected chi connectivity index (χ0v) is 12.3. The molecule has 3 N–H and O–H groups in total. The molecule has 2 rings (SSSR count). The van der Waals surface area contributed by atoms with Crippen LogP contribution in [0.15, 0.2) is 36.5 Å². The Bertz CT molecular complexity index is 697. The second kappa shape index (κ2) is 6.99. The van der Waals surface area contributed by atoms with Crippen LogP contribution < -0.4 is 5.32 Å². The van der Waals surface area contributed by atoms with Gasteiger partial charge in [0.25, 0.3) is 11.6 Å². The van der Waals surface area contributed by atoms with Gasteiger partial charge in [-0.25, -0.2) is 0 Å². The van der Waals surface area contributed by atoms with E-state index < -0.39 is 29.6 Å². The number of aryl methyl sites for hydroxylation is 1. The molecule has 0 bridgehead atoms. The van der Waals surface area contributed by atoms with Gasteiger partial charge >= 0.3 is 0 Å².